The lowest BCUT2D eigenvalue weighted by atomic mass is 9.94. The Kier molecular flexibility index (Phi) is 6.31. The fourth-order valence-electron chi connectivity index (χ4n) is 4.52. The van der Waals surface area contributed by atoms with E-state index in [0.717, 1.165) is 38.8 Å². The number of likely N-dealkylation sites (tertiary alicyclic amines) is 1. The van der Waals surface area contributed by atoms with Gasteiger partial charge in [-0.15, -0.1) is 0 Å². The first-order chi connectivity index (χ1) is 16.8. The van der Waals surface area contributed by atoms with Crippen molar-refractivity contribution in [1.82, 2.24) is 29.7 Å². The number of nitrogens with one attached hydrogen (secondary N) is 1. The number of aliphatic hydroxyl groups excluding tert-OH is 2. The van der Waals surface area contributed by atoms with Crippen LogP contribution in [0.4, 0.5) is 5.82 Å². The van der Waals surface area contributed by atoms with Gasteiger partial charge in [-0.25, -0.2) is 15.0 Å². The summed E-state index contributed by atoms with van der Waals surface area (Å²) < 4.78 is 7.18. The summed E-state index contributed by atoms with van der Waals surface area (Å²) in [5, 5.41) is 23.8. The Hall–Kier alpha value is -3.27. The number of ether oxygens (including phenoxy) is 1. The van der Waals surface area contributed by atoms with Crippen LogP contribution in [0, 0.1) is 17.8 Å². The maximum atomic E-state index is 12.4. The smallest absolute Gasteiger partial charge is 0.252 e. The van der Waals surface area contributed by atoms with Gasteiger partial charge in [0.1, 0.15) is 17.7 Å². The quantitative estimate of drug-likeness (QED) is 0.411. The fraction of sp³-hybridized carbons (Fsp3) is 0.609. The van der Waals surface area contributed by atoms with Crippen LogP contribution < -0.4 is 11.1 Å². The predicted molar refractivity (Wildman–Crippen MR) is 123 cm³/mol. The second-order valence-corrected chi connectivity index (χ2v) is 9.42. The summed E-state index contributed by atoms with van der Waals surface area (Å²) in [6.45, 7) is 3.07. The second-order valence-electron chi connectivity index (χ2n) is 9.42. The van der Waals surface area contributed by atoms with E-state index < -0.39 is 30.4 Å². The average Bonchev–Trinajstić information content (AvgIpc) is 3.47. The normalized spacial score (nSPS) is 27.0. The maximum Gasteiger partial charge on any atom is 0.252 e. The molecule has 0 spiro atoms. The molecule has 0 radical (unpaired) electrons. The molecule has 3 fully saturated rings. The number of amides is 2. The summed E-state index contributed by atoms with van der Waals surface area (Å²) in [5.74, 6) is 6.43. The van der Waals surface area contributed by atoms with Crippen molar-refractivity contribution in [3.63, 3.8) is 0 Å². The maximum absolute atomic E-state index is 12.4. The number of aromatic nitrogens is 4. The zero-order valence-corrected chi connectivity index (χ0v) is 19.4. The number of anilines is 1. The van der Waals surface area contributed by atoms with E-state index in [1.165, 1.54) is 10.9 Å². The highest BCUT2D eigenvalue weighted by Gasteiger charge is 2.48. The molecule has 2 amide bonds. The first kappa shape index (κ1) is 23.5. The molecule has 0 aromatic carbocycles. The lowest BCUT2D eigenvalue weighted by Crippen LogP contribution is -2.43. The standard InChI is InChI=1S/C23H29N7O5/c1-12(31)29-9-7-13(8-10-29)3-2-4-15-27-20(24)16-21(28-15)30(11-25-16)23-18(33)17(32)19(35-23)22(34)26-14-5-6-14/h11,13-14,17-19,23,32-33H,3,5-10H2,1H3,(H,26,34)(H2,24,27,28)/t17?,18-,19-,23+/m0/s1. The van der Waals surface area contributed by atoms with Crippen LogP contribution in [0.15, 0.2) is 6.33 Å². The van der Waals surface area contributed by atoms with E-state index in [1.54, 1.807) is 6.92 Å². The minimum Gasteiger partial charge on any atom is -0.387 e. The Morgan fingerprint density at radius 3 is 2.63 bits per heavy atom. The lowest BCUT2D eigenvalue weighted by molar-refractivity contribution is -0.137. The highest BCUT2D eigenvalue weighted by Crippen LogP contribution is 2.33. The summed E-state index contributed by atoms with van der Waals surface area (Å²) in [6.07, 6.45) is 0.577. The number of fused-ring (bicyclic) bond motifs is 1. The summed E-state index contributed by atoms with van der Waals surface area (Å²) in [7, 11) is 0. The van der Waals surface area contributed by atoms with Crippen molar-refractivity contribution in [1.29, 1.82) is 0 Å². The van der Waals surface area contributed by atoms with Crippen LogP contribution in [0.25, 0.3) is 11.2 Å². The Labute approximate surface area is 201 Å². The van der Waals surface area contributed by atoms with Crippen LogP contribution >= 0.6 is 0 Å². The third-order valence-electron chi connectivity index (χ3n) is 6.79. The molecule has 2 aliphatic heterocycles. The van der Waals surface area contributed by atoms with Gasteiger partial charge in [0.05, 0.1) is 6.33 Å². The third-order valence-corrected chi connectivity index (χ3v) is 6.79. The van der Waals surface area contributed by atoms with Crippen LogP contribution in [0.2, 0.25) is 0 Å². The molecule has 2 saturated heterocycles. The zero-order valence-electron chi connectivity index (χ0n) is 19.4. The lowest BCUT2D eigenvalue weighted by Gasteiger charge is -2.30. The molecule has 3 aliphatic rings. The average molecular weight is 484 g/mol. The molecule has 2 aromatic rings. The van der Waals surface area contributed by atoms with Gasteiger partial charge in [-0.1, -0.05) is 5.92 Å². The summed E-state index contributed by atoms with van der Waals surface area (Å²) in [5.41, 5.74) is 6.67. The van der Waals surface area contributed by atoms with E-state index in [9.17, 15) is 19.8 Å². The summed E-state index contributed by atoms with van der Waals surface area (Å²) in [6, 6.07) is 0.0962. The van der Waals surface area contributed by atoms with E-state index in [1.807, 2.05) is 4.90 Å². The molecule has 35 heavy (non-hydrogen) atoms. The predicted octanol–water partition coefficient (Wildman–Crippen LogP) is -0.694. The zero-order chi connectivity index (χ0) is 24.7. The molecule has 1 aliphatic carbocycles. The van der Waals surface area contributed by atoms with Gasteiger partial charge in [0.15, 0.2) is 23.8 Å². The summed E-state index contributed by atoms with van der Waals surface area (Å²) in [4.78, 5) is 38.7. The molecule has 5 N–H and O–H groups in total. The van der Waals surface area contributed by atoms with E-state index in [2.05, 4.69) is 32.1 Å². The molecule has 4 heterocycles. The minimum atomic E-state index is -1.40. The van der Waals surface area contributed by atoms with Gasteiger partial charge < -0.3 is 30.9 Å². The monoisotopic (exact) mass is 483 g/mol. The Balaban J connectivity index is 1.31. The molecule has 0 bridgehead atoms. The molecule has 186 valence electrons. The Bertz CT molecular complexity index is 1190. The van der Waals surface area contributed by atoms with Crippen LogP contribution in [0.1, 0.15) is 51.1 Å². The molecule has 4 atom stereocenters. The van der Waals surface area contributed by atoms with E-state index in [4.69, 9.17) is 10.5 Å². The van der Waals surface area contributed by atoms with Crippen molar-refractivity contribution in [2.75, 3.05) is 18.8 Å². The second kappa shape index (κ2) is 9.41. The first-order valence-electron chi connectivity index (χ1n) is 11.9. The first-order valence-corrected chi connectivity index (χ1v) is 11.9. The molecular formula is C23H29N7O5. The van der Waals surface area contributed by atoms with Crippen LogP contribution in [-0.2, 0) is 14.3 Å². The van der Waals surface area contributed by atoms with Gasteiger partial charge in [-0.3, -0.25) is 14.2 Å². The van der Waals surface area contributed by atoms with Crippen molar-refractivity contribution in [2.24, 2.45) is 5.92 Å². The topological polar surface area (TPSA) is 169 Å². The number of carbonyl (C=O) groups excluding carboxylic acids is 2. The van der Waals surface area contributed by atoms with Gasteiger partial charge >= 0.3 is 0 Å². The van der Waals surface area contributed by atoms with Gasteiger partial charge in [0, 0.05) is 32.5 Å². The molecule has 5 rings (SSSR count). The Morgan fingerprint density at radius 1 is 1.20 bits per heavy atom. The summed E-state index contributed by atoms with van der Waals surface area (Å²) >= 11 is 0. The number of nitrogen functional groups attached to an aromatic ring is 1. The van der Waals surface area contributed by atoms with E-state index in [-0.39, 0.29) is 29.2 Å². The number of piperidine rings is 1. The molecule has 12 nitrogen and oxygen atoms in total. The van der Waals surface area contributed by atoms with Crippen molar-refractivity contribution < 1.29 is 24.5 Å². The number of hydrogen-bond donors (Lipinski definition) is 4. The van der Waals surface area contributed by atoms with Crippen LogP contribution in [0.3, 0.4) is 0 Å². The largest absolute Gasteiger partial charge is 0.387 e. The number of hydrogen-bond acceptors (Lipinski definition) is 9. The SMILES string of the molecule is CC(=O)N1CCC(CC#Cc2nc(N)c3ncn([C@@H]4O[C@H](C(=O)NC5CC5)C(O)[C@@H]4O)c3n2)CC1. The van der Waals surface area contributed by atoms with Gasteiger partial charge in [0.2, 0.25) is 11.7 Å². The highest BCUT2D eigenvalue weighted by molar-refractivity contribution is 5.83. The number of nitrogens with two attached hydrogens (primary N) is 1. The highest BCUT2D eigenvalue weighted by atomic mass is 16.6. The number of nitrogens with zero attached hydrogens (tertiary/aromatic N) is 5. The van der Waals surface area contributed by atoms with Crippen molar-refractivity contribution in [3.8, 4) is 11.8 Å². The number of imidazole rings is 1. The van der Waals surface area contributed by atoms with Gasteiger partial charge in [0.25, 0.3) is 5.91 Å². The van der Waals surface area contributed by atoms with Crippen molar-refractivity contribution in [2.45, 2.75) is 69.6 Å². The number of rotatable bonds is 4. The molecule has 12 heteroatoms. The molecule has 2 aromatic heterocycles. The van der Waals surface area contributed by atoms with Crippen molar-refractivity contribution >= 4 is 28.8 Å². The molecular weight excluding hydrogens is 454 g/mol. The van der Waals surface area contributed by atoms with Crippen molar-refractivity contribution in [3.05, 3.63) is 12.2 Å². The van der Waals surface area contributed by atoms with Gasteiger partial charge in [-0.05, 0) is 37.5 Å². The molecule has 1 saturated carbocycles. The van der Waals surface area contributed by atoms with Crippen LogP contribution in [-0.4, -0.2) is 83.9 Å². The fourth-order valence-corrected chi connectivity index (χ4v) is 4.52. The minimum absolute atomic E-state index is 0.0962. The Morgan fingerprint density at radius 2 is 1.94 bits per heavy atom. The van der Waals surface area contributed by atoms with E-state index in [0.29, 0.717) is 17.9 Å². The third kappa shape index (κ3) is 4.80. The van der Waals surface area contributed by atoms with Gasteiger partial charge in [-0.2, -0.15) is 0 Å². The number of aliphatic hydroxyl groups is 2. The number of carbonyl (C=O) groups is 2. The molecule has 1 unspecified atom stereocenters. The van der Waals surface area contributed by atoms with E-state index >= 15 is 0 Å². The van der Waals surface area contributed by atoms with Crippen LogP contribution in [0.5, 0.6) is 0 Å².